The van der Waals surface area contributed by atoms with Crippen molar-refractivity contribution in [1.82, 2.24) is 5.32 Å². The lowest BCUT2D eigenvalue weighted by atomic mass is 10.2. The molecule has 0 aromatic heterocycles. The lowest BCUT2D eigenvalue weighted by Crippen LogP contribution is -2.24. The van der Waals surface area contributed by atoms with Gasteiger partial charge in [0.1, 0.15) is 5.82 Å². The summed E-state index contributed by atoms with van der Waals surface area (Å²) in [5.41, 5.74) is 0.436. The minimum atomic E-state index is -0.308. The monoisotopic (exact) mass is 259 g/mol. The van der Waals surface area contributed by atoms with Gasteiger partial charge in [0.25, 0.3) is 0 Å². The third-order valence-electron chi connectivity index (χ3n) is 2.33. The minimum Gasteiger partial charge on any atom is -0.377 e. The van der Waals surface area contributed by atoms with E-state index in [1.54, 1.807) is 12.1 Å². The molecule has 2 nitrogen and oxygen atoms in total. The summed E-state index contributed by atoms with van der Waals surface area (Å²) < 4.78 is 18.8. The van der Waals surface area contributed by atoms with Crippen molar-refractivity contribution in [1.29, 1.82) is 0 Å². The summed E-state index contributed by atoms with van der Waals surface area (Å²) in [4.78, 5) is 0. The summed E-state index contributed by atoms with van der Waals surface area (Å²) >= 11 is 5.88. The standard InChI is InChI=1S/C13H19ClFNO/c1-10(2)16-7-4-8-17-9-11-12(14)5-3-6-13(11)15/h3,5-6,10,16H,4,7-9H2,1-2H3. The first kappa shape index (κ1) is 14.4. The Labute approximate surface area is 107 Å². The van der Waals surface area contributed by atoms with Crippen LogP contribution in [0.3, 0.4) is 0 Å². The number of benzene rings is 1. The first-order valence-electron chi connectivity index (χ1n) is 5.85. The summed E-state index contributed by atoms with van der Waals surface area (Å²) in [5.74, 6) is -0.308. The van der Waals surface area contributed by atoms with Gasteiger partial charge in [0.05, 0.1) is 6.61 Å². The van der Waals surface area contributed by atoms with E-state index in [4.69, 9.17) is 16.3 Å². The molecule has 0 fully saturated rings. The maximum absolute atomic E-state index is 13.4. The van der Waals surface area contributed by atoms with Gasteiger partial charge < -0.3 is 10.1 Å². The fourth-order valence-corrected chi connectivity index (χ4v) is 1.63. The Hall–Kier alpha value is -0.640. The van der Waals surface area contributed by atoms with Gasteiger partial charge in [-0.2, -0.15) is 0 Å². The van der Waals surface area contributed by atoms with Crippen LogP contribution in [0.25, 0.3) is 0 Å². The Kier molecular flexibility index (Phi) is 6.48. The average Bonchev–Trinajstić information content (AvgIpc) is 2.26. The minimum absolute atomic E-state index is 0.229. The molecule has 0 amide bonds. The molecule has 0 saturated carbocycles. The molecule has 1 N–H and O–H groups in total. The largest absolute Gasteiger partial charge is 0.377 e. The van der Waals surface area contributed by atoms with Crippen molar-refractivity contribution < 1.29 is 9.13 Å². The number of halogens is 2. The zero-order chi connectivity index (χ0) is 12.7. The maximum Gasteiger partial charge on any atom is 0.130 e. The van der Waals surface area contributed by atoms with E-state index < -0.39 is 0 Å². The Morgan fingerprint density at radius 1 is 1.41 bits per heavy atom. The summed E-state index contributed by atoms with van der Waals surface area (Å²) in [6.07, 6.45) is 0.907. The van der Waals surface area contributed by atoms with Crippen molar-refractivity contribution in [3.8, 4) is 0 Å². The molecular formula is C13H19ClFNO. The topological polar surface area (TPSA) is 21.3 Å². The van der Waals surface area contributed by atoms with E-state index in [1.165, 1.54) is 6.07 Å². The summed E-state index contributed by atoms with van der Waals surface area (Å²) in [5, 5.41) is 3.71. The highest BCUT2D eigenvalue weighted by Crippen LogP contribution is 2.19. The third-order valence-corrected chi connectivity index (χ3v) is 2.68. The van der Waals surface area contributed by atoms with Crippen LogP contribution in [0.1, 0.15) is 25.8 Å². The van der Waals surface area contributed by atoms with Gasteiger partial charge in [-0.15, -0.1) is 0 Å². The van der Waals surface area contributed by atoms with E-state index in [9.17, 15) is 4.39 Å². The van der Waals surface area contributed by atoms with Gasteiger partial charge in [0.2, 0.25) is 0 Å². The van der Waals surface area contributed by atoms with Crippen LogP contribution < -0.4 is 5.32 Å². The van der Waals surface area contributed by atoms with E-state index in [0.29, 0.717) is 23.2 Å². The van der Waals surface area contributed by atoms with Gasteiger partial charge in [-0.25, -0.2) is 4.39 Å². The van der Waals surface area contributed by atoms with Crippen LogP contribution in [0.15, 0.2) is 18.2 Å². The summed E-state index contributed by atoms with van der Waals surface area (Å²) in [7, 11) is 0. The van der Waals surface area contributed by atoms with E-state index in [-0.39, 0.29) is 12.4 Å². The Morgan fingerprint density at radius 3 is 2.82 bits per heavy atom. The van der Waals surface area contributed by atoms with Gasteiger partial charge in [0.15, 0.2) is 0 Å². The molecule has 1 aromatic carbocycles. The molecule has 0 spiro atoms. The van der Waals surface area contributed by atoms with Gasteiger partial charge in [-0.05, 0) is 25.1 Å². The molecule has 0 heterocycles. The van der Waals surface area contributed by atoms with E-state index in [0.717, 1.165) is 13.0 Å². The smallest absolute Gasteiger partial charge is 0.130 e. The Morgan fingerprint density at radius 2 is 2.18 bits per heavy atom. The molecule has 1 rings (SSSR count). The highest BCUT2D eigenvalue weighted by atomic mass is 35.5. The molecule has 1 aromatic rings. The molecule has 0 bridgehead atoms. The number of ether oxygens (including phenoxy) is 1. The molecular weight excluding hydrogens is 241 g/mol. The van der Waals surface area contributed by atoms with Crippen molar-refractivity contribution in [3.05, 3.63) is 34.6 Å². The highest BCUT2D eigenvalue weighted by molar-refractivity contribution is 6.31. The Bertz CT molecular complexity index is 324. The molecule has 0 unspecified atom stereocenters. The molecule has 0 aliphatic rings. The van der Waals surface area contributed by atoms with Gasteiger partial charge in [-0.3, -0.25) is 0 Å². The van der Waals surface area contributed by atoms with Crippen molar-refractivity contribution >= 4 is 11.6 Å². The summed E-state index contributed by atoms with van der Waals surface area (Å²) in [6, 6.07) is 5.14. The number of rotatable bonds is 7. The molecule has 0 aliphatic carbocycles. The van der Waals surface area contributed by atoms with Crippen LogP contribution in [-0.2, 0) is 11.3 Å². The normalized spacial score (nSPS) is 11.1. The van der Waals surface area contributed by atoms with E-state index in [2.05, 4.69) is 19.2 Å². The molecule has 0 atom stereocenters. The van der Waals surface area contributed by atoms with E-state index in [1.807, 2.05) is 0 Å². The van der Waals surface area contributed by atoms with Gasteiger partial charge in [-0.1, -0.05) is 31.5 Å². The predicted molar refractivity (Wildman–Crippen MR) is 68.8 cm³/mol. The van der Waals surface area contributed by atoms with Crippen LogP contribution in [0, 0.1) is 5.82 Å². The fourth-order valence-electron chi connectivity index (χ4n) is 1.41. The average molecular weight is 260 g/mol. The predicted octanol–water partition coefficient (Wildman–Crippen LogP) is 3.38. The molecule has 0 aliphatic heterocycles. The van der Waals surface area contributed by atoms with Crippen LogP contribution in [0.5, 0.6) is 0 Å². The van der Waals surface area contributed by atoms with Gasteiger partial charge in [0, 0.05) is 23.2 Å². The van der Waals surface area contributed by atoms with Crippen LogP contribution in [0.4, 0.5) is 4.39 Å². The van der Waals surface area contributed by atoms with Crippen LogP contribution in [-0.4, -0.2) is 19.2 Å². The van der Waals surface area contributed by atoms with Crippen LogP contribution >= 0.6 is 11.6 Å². The molecule has 17 heavy (non-hydrogen) atoms. The molecule has 96 valence electrons. The second-order valence-electron chi connectivity index (χ2n) is 4.22. The first-order chi connectivity index (χ1) is 8.11. The SMILES string of the molecule is CC(C)NCCCOCc1c(F)cccc1Cl. The lowest BCUT2D eigenvalue weighted by Gasteiger charge is -2.09. The molecule has 0 saturated heterocycles. The van der Waals surface area contributed by atoms with Crippen molar-refractivity contribution in [3.63, 3.8) is 0 Å². The second-order valence-corrected chi connectivity index (χ2v) is 4.62. The first-order valence-corrected chi connectivity index (χ1v) is 6.23. The number of hydrogen-bond donors (Lipinski definition) is 1. The Balaban J connectivity index is 2.22. The number of hydrogen-bond acceptors (Lipinski definition) is 2. The molecule has 0 radical (unpaired) electrons. The van der Waals surface area contributed by atoms with E-state index >= 15 is 0 Å². The quantitative estimate of drug-likeness (QED) is 0.758. The van der Waals surface area contributed by atoms with Crippen LogP contribution in [0.2, 0.25) is 5.02 Å². The van der Waals surface area contributed by atoms with Crippen molar-refractivity contribution in [2.24, 2.45) is 0 Å². The lowest BCUT2D eigenvalue weighted by molar-refractivity contribution is 0.116. The number of nitrogens with one attached hydrogen (secondary N) is 1. The van der Waals surface area contributed by atoms with Crippen molar-refractivity contribution in [2.45, 2.75) is 32.9 Å². The third kappa shape index (κ3) is 5.48. The zero-order valence-corrected chi connectivity index (χ0v) is 11.1. The summed E-state index contributed by atoms with van der Waals surface area (Å²) in [6.45, 7) is 5.93. The maximum atomic E-state index is 13.4. The van der Waals surface area contributed by atoms with Gasteiger partial charge >= 0.3 is 0 Å². The zero-order valence-electron chi connectivity index (χ0n) is 10.3. The highest BCUT2D eigenvalue weighted by Gasteiger charge is 2.06. The second kappa shape index (κ2) is 7.64. The molecule has 4 heteroatoms. The fraction of sp³-hybridized carbons (Fsp3) is 0.538. The van der Waals surface area contributed by atoms with Crippen molar-refractivity contribution in [2.75, 3.05) is 13.2 Å².